The summed E-state index contributed by atoms with van der Waals surface area (Å²) >= 11 is 0. The first-order valence-corrected chi connectivity index (χ1v) is 17.6. The third-order valence-corrected chi connectivity index (χ3v) is 10.3. The summed E-state index contributed by atoms with van der Waals surface area (Å²) in [5, 5.41) is 177. The Morgan fingerprint density at radius 2 is 0.625 bits per heavy atom. The predicted octanol–water partition coefficient (Wildman–Crippen LogP) is -11.9. The molecule has 5 fully saturated rings. The summed E-state index contributed by atoms with van der Waals surface area (Å²) in [6, 6.07) is 0. The van der Waals surface area contributed by atoms with Crippen molar-refractivity contribution in [2.45, 2.75) is 154 Å². The maximum atomic E-state index is 11.4. The zero-order valence-corrected chi connectivity index (χ0v) is 29.2. The summed E-state index contributed by atoms with van der Waals surface area (Å²) in [6.07, 6.45) is -47.1. The minimum Gasteiger partial charge on any atom is -0.394 e. The van der Waals surface area contributed by atoms with Gasteiger partial charge >= 0.3 is 0 Å². The van der Waals surface area contributed by atoms with Gasteiger partial charge in [-0.05, 0) is 0 Å². The van der Waals surface area contributed by atoms with E-state index in [-0.39, 0.29) is 0 Å². The van der Waals surface area contributed by atoms with Crippen LogP contribution in [0, 0.1) is 0 Å². The largest absolute Gasteiger partial charge is 0.394 e. The summed E-state index contributed by atoms with van der Waals surface area (Å²) in [5.74, 6) is 0. The van der Waals surface area contributed by atoms with E-state index in [4.69, 9.17) is 42.6 Å². The Bertz CT molecular complexity index is 1200. The van der Waals surface area contributed by atoms with Gasteiger partial charge in [-0.3, -0.25) is 0 Å². The van der Waals surface area contributed by atoms with E-state index in [1.54, 1.807) is 0 Å². The number of hydrogen-bond acceptors (Lipinski definition) is 26. The highest BCUT2D eigenvalue weighted by molar-refractivity contribution is 4.98. The van der Waals surface area contributed by atoms with Gasteiger partial charge in [0.05, 0.1) is 33.0 Å². The smallest absolute Gasteiger partial charge is 0.187 e. The van der Waals surface area contributed by atoms with E-state index in [1.165, 1.54) is 0 Å². The van der Waals surface area contributed by atoms with E-state index >= 15 is 0 Å². The Morgan fingerprint density at radius 3 is 1.07 bits per heavy atom. The van der Waals surface area contributed by atoms with Gasteiger partial charge in [0.1, 0.15) is 122 Å². The molecule has 56 heavy (non-hydrogen) atoms. The second-order valence-corrected chi connectivity index (χ2v) is 14.0. The maximum Gasteiger partial charge on any atom is 0.187 e. The highest BCUT2D eigenvalue weighted by Gasteiger charge is 2.56. The van der Waals surface area contributed by atoms with E-state index in [9.17, 15) is 86.8 Å². The zero-order valence-electron chi connectivity index (χ0n) is 29.2. The Kier molecular flexibility index (Phi) is 16.1. The standard InChI is InChI=1S/C30H52O26/c31-1-6-11(35)16(40)18(42)27(50-6)48-5-10-15(39)25(22(46)30(53-10)54-23-13(37)8(3-33)49-26(47)20(23)44)56-29-21(45)24(14(38)9(4-34)52-29)55-28-19(43)17(41)12(36)7(2-32)51-28/h6-47H,1-5H2/t6-,7-,8-,9-,10-,11-,12-,13-,14-,15-,16+,17+,18-,19-,20-,21-,22-,23+,24+,25+,26?,27-,28+,29+,30+/m1/s1. The van der Waals surface area contributed by atoms with Crippen LogP contribution < -0.4 is 0 Å². The van der Waals surface area contributed by atoms with E-state index in [0.29, 0.717) is 0 Å². The van der Waals surface area contributed by atoms with Crippen molar-refractivity contribution in [2.24, 2.45) is 0 Å². The number of ether oxygens (including phenoxy) is 9. The van der Waals surface area contributed by atoms with Gasteiger partial charge in [-0.1, -0.05) is 0 Å². The van der Waals surface area contributed by atoms with Gasteiger partial charge in [0.25, 0.3) is 0 Å². The van der Waals surface area contributed by atoms with Crippen molar-refractivity contribution in [1.82, 2.24) is 0 Å². The van der Waals surface area contributed by atoms with Crippen LogP contribution in [0.4, 0.5) is 0 Å². The summed E-state index contributed by atoms with van der Waals surface area (Å²) in [4.78, 5) is 0. The first-order valence-electron chi connectivity index (χ1n) is 17.6. The zero-order chi connectivity index (χ0) is 41.3. The quantitative estimate of drug-likeness (QED) is 0.0819. The molecule has 0 aromatic rings. The lowest BCUT2D eigenvalue weighted by molar-refractivity contribution is -0.392. The highest BCUT2D eigenvalue weighted by atomic mass is 16.8. The third kappa shape index (κ3) is 9.31. The van der Waals surface area contributed by atoms with Crippen LogP contribution in [-0.2, 0) is 42.6 Å². The molecular formula is C30H52O26. The molecule has 0 aromatic carbocycles. The first-order chi connectivity index (χ1) is 26.5. The van der Waals surface area contributed by atoms with Crippen molar-refractivity contribution >= 4 is 0 Å². The molecule has 0 aliphatic carbocycles. The van der Waals surface area contributed by atoms with Gasteiger partial charge in [-0.25, -0.2) is 0 Å². The van der Waals surface area contributed by atoms with Gasteiger partial charge in [-0.15, -0.1) is 0 Å². The average Bonchev–Trinajstić information content (AvgIpc) is 3.18. The van der Waals surface area contributed by atoms with Crippen LogP contribution in [0.5, 0.6) is 0 Å². The fourth-order valence-electron chi connectivity index (χ4n) is 6.91. The van der Waals surface area contributed by atoms with Crippen LogP contribution in [-0.4, -0.2) is 273 Å². The second kappa shape index (κ2) is 19.6. The molecule has 17 N–H and O–H groups in total. The predicted molar refractivity (Wildman–Crippen MR) is 167 cm³/mol. The van der Waals surface area contributed by atoms with Gasteiger partial charge < -0.3 is 129 Å². The molecule has 5 saturated heterocycles. The molecule has 26 nitrogen and oxygen atoms in total. The maximum absolute atomic E-state index is 11.4. The van der Waals surface area contributed by atoms with Crippen molar-refractivity contribution < 1.29 is 129 Å². The van der Waals surface area contributed by atoms with E-state index < -0.39 is 187 Å². The minimum atomic E-state index is -2.19. The van der Waals surface area contributed by atoms with Crippen molar-refractivity contribution in [3.05, 3.63) is 0 Å². The third-order valence-electron chi connectivity index (χ3n) is 10.3. The molecule has 5 aliphatic heterocycles. The molecule has 0 amide bonds. The van der Waals surface area contributed by atoms with Crippen LogP contribution >= 0.6 is 0 Å². The molecule has 0 bridgehead atoms. The van der Waals surface area contributed by atoms with Crippen LogP contribution in [0.25, 0.3) is 0 Å². The lowest BCUT2D eigenvalue weighted by Gasteiger charge is -2.49. The molecule has 0 saturated carbocycles. The molecule has 5 heterocycles. The molecular weight excluding hydrogens is 776 g/mol. The lowest BCUT2D eigenvalue weighted by atomic mass is 9.95. The number of aliphatic hydroxyl groups is 17. The summed E-state index contributed by atoms with van der Waals surface area (Å²) < 4.78 is 49.1. The lowest BCUT2D eigenvalue weighted by Crippen LogP contribution is -2.68. The van der Waals surface area contributed by atoms with Crippen LogP contribution in [0.2, 0.25) is 0 Å². The number of hydrogen-bond donors (Lipinski definition) is 17. The van der Waals surface area contributed by atoms with Crippen molar-refractivity contribution in [1.29, 1.82) is 0 Å². The van der Waals surface area contributed by atoms with Gasteiger partial charge in [0, 0.05) is 0 Å². The van der Waals surface area contributed by atoms with Crippen LogP contribution in [0.3, 0.4) is 0 Å². The van der Waals surface area contributed by atoms with Crippen molar-refractivity contribution in [3.8, 4) is 0 Å². The highest BCUT2D eigenvalue weighted by Crippen LogP contribution is 2.35. The Labute approximate surface area is 316 Å². The van der Waals surface area contributed by atoms with Gasteiger partial charge in [0.15, 0.2) is 31.5 Å². The van der Waals surface area contributed by atoms with Crippen molar-refractivity contribution in [2.75, 3.05) is 33.0 Å². The van der Waals surface area contributed by atoms with E-state index in [2.05, 4.69) is 0 Å². The molecule has 0 aromatic heterocycles. The second-order valence-electron chi connectivity index (χ2n) is 14.0. The van der Waals surface area contributed by atoms with Crippen LogP contribution in [0.1, 0.15) is 0 Å². The summed E-state index contributed by atoms with van der Waals surface area (Å²) in [7, 11) is 0. The SMILES string of the molecule is OC[C@H]1O[C@@H](OC[C@H]2O[C@@H](O[C@H]3[C@H](O)[C@@H](CO)OC(O)[C@@H]3O)[C@H](O)[C@@H](O[C@@H]3O[C@H](CO)[C@@H](O)[C@H](O[C@@H]4O[C@H](CO)[C@@H](O)[C@H](O)[C@H]4O)[C@H]3O)[C@@H]2O)[C@H](O)[C@@H](O)[C@@H]1O. The molecule has 328 valence electrons. The minimum absolute atomic E-state index is 0.823. The molecule has 25 atom stereocenters. The first kappa shape index (κ1) is 46.0. The van der Waals surface area contributed by atoms with E-state index in [0.717, 1.165) is 0 Å². The van der Waals surface area contributed by atoms with Gasteiger partial charge in [-0.2, -0.15) is 0 Å². The molecule has 0 radical (unpaired) electrons. The van der Waals surface area contributed by atoms with E-state index in [1.807, 2.05) is 0 Å². The Hall–Kier alpha value is -1.04. The topological polar surface area (TPSA) is 427 Å². The molecule has 5 aliphatic rings. The Balaban J connectivity index is 1.39. The molecule has 0 spiro atoms. The van der Waals surface area contributed by atoms with Gasteiger partial charge in [0.2, 0.25) is 0 Å². The number of rotatable bonds is 13. The van der Waals surface area contributed by atoms with Crippen molar-refractivity contribution in [3.63, 3.8) is 0 Å². The molecule has 5 rings (SSSR count). The molecule has 1 unspecified atom stereocenters. The normalized spacial score (nSPS) is 53.2. The number of aliphatic hydroxyl groups excluding tert-OH is 17. The summed E-state index contributed by atoms with van der Waals surface area (Å²) in [5.41, 5.74) is 0. The van der Waals surface area contributed by atoms with Crippen LogP contribution in [0.15, 0.2) is 0 Å². The fourth-order valence-corrected chi connectivity index (χ4v) is 6.91. The molecule has 26 heteroatoms. The Morgan fingerprint density at radius 1 is 0.304 bits per heavy atom. The summed E-state index contributed by atoms with van der Waals surface area (Å²) in [6.45, 7) is -4.38. The average molecular weight is 829 g/mol. The monoisotopic (exact) mass is 828 g/mol. The fraction of sp³-hybridized carbons (Fsp3) is 1.00.